The van der Waals surface area contributed by atoms with Crippen LogP contribution >= 0.6 is 0 Å². The third-order valence-corrected chi connectivity index (χ3v) is 3.85. The quantitative estimate of drug-likeness (QED) is 0.766. The van der Waals surface area contributed by atoms with Crippen molar-refractivity contribution in [2.45, 2.75) is 46.1 Å². The molecule has 94 valence electrons. The molecule has 0 spiro atoms. The number of nitrogens with zero attached hydrogens (tertiary/aromatic N) is 1. The number of hydrogen-bond donors (Lipinski definition) is 0. The monoisotopic (exact) mass is 231 g/mol. The molecule has 17 heavy (non-hydrogen) atoms. The van der Waals surface area contributed by atoms with Crippen molar-refractivity contribution in [1.29, 1.82) is 0 Å². The van der Waals surface area contributed by atoms with Gasteiger partial charge in [0.2, 0.25) is 0 Å². The van der Waals surface area contributed by atoms with Crippen LogP contribution in [-0.4, -0.2) is 24.0 Å². The molecule has 1 aromatic rings. The van der Waals surface area contributed by atoms with E-state index in [1.165, 1.54) is 37.9 Å². The van der Waals surface area contributed by atoms with Crippen molar-refractivity contribution in [1.82, 2.24) is 4.90 Å². The summed E-state index contributed by atoms with van der Waals surface area (Å²) in [5.74, 6) is 0. The zero-order chi connectivity index (χ0) is 12.3. The summed E-state index contributed by atoms with van der Waals surface area (Å²) in [5.41, 5.74) is 1.83. The SMILES string of the molecule is CC(C)(C)C(Cc1ccccc1)N1CCCC1. The van der Waals surface area contributed by atoms with E-state index in [0.29, 0.717) is 11.5 Å². The zero-order valence-corrected chi connectivity index (χ0v) is 11.4. The second-order valence-electron chi connectivity index (χ2n) is 6.31. The summed E-state index contributed by atoms with van der Waals surface area (Å²) in [6.07, 6.45) is 3.94. The lowest BCUT2D eigenvalue weighted by Gasteiger charge is -2.38. The molecule has 0 saturated carbocycles. The van der Waals surface area contributed by atoms with Gasteiger partial charge in [-0.3, -0.25) is 4.90 Å². The molecule has 0 amide bonds. The molecular formula is C16H25N. The molecule has 1 aromatic carbocycles. The van der Waals surface area contributed by atoms with Crippen molar-refractivity contribution in [3.8, 4) is 0 Å². The smallest absolute Gasteiger partial charge is 0.0184 e. The molecule has 0 aromatic heterocycles. The molecular weight excluding hydrogens is 206 g/mol. The third-order valence-electron chi connectivity index (χ3n) is 3.85. The van der Waals surface area contributed by atoms with E-state index >= 15 is 0 Å². The Kier molecular flexibility index (Phi) is 3.88. The lowest BCUT2D eigenvalue weighted by molar-refractivity contribution is 0.124. The lowest BCUT2D eigenvalue weighted by atomic mass is 9.82. The van der Waals surface area contributed by atoms with Crippen LogP contribution in [-0.2, 0) is 6.42 Å². The molecule has 1 saturated heterocycles. The highest BCUT2D eigenvalue weighted by molar-refractivity contribution is 5.16. The molecule has 0 radical (unpaired) electrons. The van der Waals surface area contributed by atoms with Crippen molar-refractivity contribution < 1.29 is 0 Å². The van der Waals surface area contributed by atoms with Gasteiger partial charge in [-0.2, -0.15) is 0 Å². The van der Waals surface area contributed by atoms with Gasteiger partial charge >= 0.3 is 0 Å². The summed E-state index contributed by atoms with van der Waals surface area (Å²) in [7, 11) is 0. The minimum absolute atomic E-state index is 0.361. The molecule has 1 aliphatic rings. The Labute approximate surface area is 106 Å². The van der Waals surface area contributed by atoms with E-state index < -0.39 is 0 Å². The van der Waals surface area contributed by atoms with E-state index in [4.69, 9.17) is 0 Å². The Morgan fingerprint density at radius 3 is 2.18 bits per heavy atom. The van der Waals surface area contributed by atoms with Crippen LogP contribution in [0.4, 0.5) is 0 Å². The summed E-state index contributed by atoms with van der Waals surface area (Å²) in [6.45, 7) is 9.69. The van der Waals surface area contributed by atoms with E-state index in [2.05, 4.69) is 56.0 Å². The normalized spacial score (nSPS) is 19.5. The van der Waals surface area contributed by atoms with Crippen LogP contribution < -0.4 is 0 Å². The Balaban J connectivity index is 2.11. The van der Waals surface area contributed by atoms with E-state index in [1.807, 2.05) is 0 Å². The van der Waals surface area contributed by atoms with Crippen LogP contribution in [0.5, 0.6) is 0 Å². The maximum absolute atomic E-state index is 2.69. The summed E-state index contributed by atoms with van der Waals surface area (Å²) >= 11 is 0. The topological polar surface area (TPSA) is 3.24 Å². The standard InChI is InChI=1S/C16H25N/c1-16(2,3)15(17-11-7-8-12-17)13-14-9-5-4-6-10-14/h4-6,9-10,15H,7-8,11-13H2,1-3H3. The molecule has 1 heterocycles. The molecule has 1 atom stereocenters. The van der Waals surface area contributed by atoms with E-state index in [1.54, 1.807) is 0 Å². The minimum Gasteiger partial charge on any atom is -0.300 e. The Morgan fingerprint density at radius 2 is 1.65 bits per heavy atom. The van der Waals surface area contributed by atoms with E-state index in [-0.39, 0.29) is 0 Å². The molecule has 1 heteroatoms. The van der Waals surface area contributed by atoms with Crippen molar-refractivity contribution in [3.05, 3.63) is 35.9 Å². The predicted molar refractivity (Wildman–Crippen MR) is 74.2 cm³/mol. The van der Waals surface area contributed by atoms with Gasteiger partial charge < -0.3 is 0 Å². The minimum atomic E-state index is 0.361. The first kappa shape index (κ1) is 12.6. The number of rotatable bonds is 3. The lowest BCUT2D eigenvalue weighted by Crippen LogP contribution is -2.43. The van der Waals surface area contributed by atoms with E-state index in [0.717, 1.165) is 0 Å². The first-order valence-corrected chi connectivity index (χ1v) is 6.85. The summed E-state index contributed by atoms with van der Waals surface area (Å²) in [6, 6.07) is 11.6. The van der Waals surface area contributed by atoms with Crippen molar-refractivity contribution in [2.24, 2.45) is 5.41 Å². The van der Waals surface area contributed by atoms with Gasteiger partial charge in [-0.05, 0) is 43.3 Å². The molecule has 0 N–H and O–H groups in total. The second-order valence-corrected chi connectivity index (χ2v) is 6.31. The van der Waals surface area contributed by atoms with Crippen LogP contribution in [0, 0.1) is 5.41 Å². The van der Waals surface area contributed by atoms with Gasteiger partial charge in [0.1, 0.15) is 0 Å². The third kappa shape index (κ3) is 3.32. The van der Waals surface area contributed by atoms with Crippen LogP contribution in [0.3, 0.4) is 0 Å². The van der Waals surface area contributed by atoms with Gasteiger partial charge in [-0.15, -0.1) is 0 Å². The van der Waals surface area contributed by atoms with E-state index in [9.17, 15) is 0 Å². The van der Waals surface area contributed by atoms with Gasteiger partial charge in [0.15, 0.2) is 0 Å². The Morgan fingerprint density at radius 1 is 1.06 bits per heavy atom. The highest BCUT2D eigenvalue weighted by Crippen LogP contribution is 2.29. The molecule has 2 rings (SSSR count). The van der Waals surface area contributed by atoms with Crippen LogP contribution in [0.15, 0.2) is 30.3 Å². The molecule has 0 bridgehead atoms. The summed E-state index contributed by atoms with van der Waals surface area (Å²) in [5, 5.41) is 0. The largest absolute Gasteiger partial charge is 0.300 e. The predicted octanol–water partition coefficient (Wildman–Crippen LogP) is 3.74. The maximum atomic E-state index is 2.69. The van der Waals surface area contributed by atoms with Gasteiger partial charge in [-0.25, -0.2) is 0 Å². The van der Waals surface area contributed by atoms with Crippen LogP contribution in [0.2, 0.25) is 0 Å². The highest BCUT2D eigenvalue weighted by Gasteiger charge is 2.31. The average molecular weight is 231 g/mol. The van der Waals surface area contributed by atoms with Crippen molar-refractivity contribution >= 4 is 0 Å². The van der Waals surface area contributed by atoms with Crippen molar-refractivity contribution in [2.75, 3.05) is 13.1 Å². The second kappa shape index (κ2) is 5.22. The highest BCUT2D eigenvalue weighted by atomic mass is 15.2. The zero-order valence-electron chi connectivity index (χ0n) is 11.4. The average Bonchev–Trinajstić information content (AvgIpc) is 2.79. The fraction of sp³-hybridized carbons (Fsp3) is 0.625. The molecule has 1 fully saturated rings. The maximum Gasteiger partial charge on any atom is 0.0184 e. The van der Waals surface area contributed by atoms with Gasteiger partial charge in [0.25, 0.3) is 0 Å². The van der Waals surface area contributed by atoms with Gasteiger partial charge in [0.05, 0.1) is 0 Å². The molecule has 0 aliphatic carbocycles. The summed E-state index contributed by atoms with van der Waals surface area (Å²) in [4.78, 5) is 2.69. The fourth-order valence-corrected chi connectivity index (χ4v) is 2.87. The Bertz CT molecular complexity index is 330. The number of likely N-dealkylation sites (tertiary alicyclic amines) is 1. The first-order chi connectivity index (χ1) is 8.07. The van der Waals surface area contributed by atoms with Crippen LogP contribution in [0.25, 0.3) is 0 Å². The molecule has 1 unspecified atom stereocenters. The first-order valence-electron chi connectivity index (χ1n) is 6.85. The number of benzene rings is 1. The fourth-order valence-electron chi connectivity index (χ4n) is 2.87. The van der Waals surface area contributed by atoms with Gasteiger partial charge in [0, 0.05) is 6.04 Å². The van der Waals surface area contributed by atoms with Crippen molar-refractivity contribution in [3.63, 3.8) is 0 Å². The number of hydrogen-bond acceptors (Lipinski definition) is 1. The summed E-state index contributed by atoms with van der Waals surface area (Å²) < 4.78 is 0. The molecule has 1 nitrogen and oxygen atoms in total. The van der Waals surface area contributed by atoms with Crippen LogP contribution in [0.1, 0.15) is 39.2 Å². The molecule has 1 aliphatic heterocycles. The van der Waals surface area contributed by atoms with Gasteiger partial charge in [-0.1, -0.05) is 51.1 Å². The Hall–Kier alpha value is -0.820.